The molecular formula is C11H21N. The number of hydrogen-bond donors (Lipinski definition) is 0. The molecule has 0 N–H and O–H groups in total. The van der Waals surface area contributed by atoms with Gasteiger partial charge in [0, 0.05) is 12.1 Å². The number of hydrogen-bond acceptors (Lipinski definition) is 1. The summed E-state index contributed by atoms with van der Waals surface area (Å²) in [6, 6.07) is 1.68. The van der Waals surface area contributed by atoms with E-state index in [2.05, 4.69) is 25.8 Å². The first-order valence-corrected chi connectivity index (χ1v) is 5.43. The maximum absolute atomic E-state index is 2.58. The summed E-state index contributed by atoms with van der Waals surface area (Å²) in [4.78, 5) is 2.58. The fourth-order valence-electron chi connectivity index (χ4n) is 3.36. The van der Waals surface area contributed by atoms with Crippen LogP contribution in [0.3, 0.4) is 0 Å². The Morgan fingerprint density at radius 2 is 1.33 bits per heavy atom. The number of rotatable bonds is 0. The zero-order chi connectivity index (χ0) is 8.72. The molecule has 1 aliphatic heterocycles. The van der Waals surface area contributed by atoms with Gasteiger partial charge < -0.3 is 4.90 Å². The lowest BCUT2D eigenvalue weighted by atomic mass is 9.77. The summed E-state index contributed by atoms with van der Waals surface area (Å²) in [6.07, 6.45) is 5.93. The molecule has 0 aromatic rings. The lowest BCUT2D eigenvalue weighted by Gasteiger charge is -2.27. The van der Waals surface area contributed by atoms with E-state index in [1.165, 1.54) is 25.7 Å². The average Bonchev–Trinajstić information content (AvgIpc) is 2.33. The first kappa shape index (κ1) is 8.55. The third-order valence-electron chi connectivity index (χ3n) is 4.40. The molecule has 2 fully saturated rings. The van der Waals surface area contributed by atoms with Crippen LogP contribution in [0.15, 0.2) is 0 Å². The second-order valence-corrected chi connectivity index (χ2v) is 4.76. The zero-order valence-electron chi connectivity index (χ0n) is 8.59. The van der Waals surface area contributed by atoms with E-state index in [1.54, 1.807) is 0 Å². The molecule has 2 rings (SSSR count). The summed E-state index contributed by atoms with van der Waals surface area (Å²) in [5.74, 6) is 2.03. The molecule has 1 heterocycles. The van der Waals surface area contributed by atoms with Gasteiger partial charge in [0.1, 0.15) is 0 Å². The van der Waals surface area contributed by atoms with Crippen LogP contribution >= 0.6 is 0 Å². The summed E-state index contributed by atoms with van der Waals surface area (Å²) >= 11 is 0. The van der Waals surface area contributed by atoms with Crippen molar-refractivity contribution >= 4 is 0 Å². The standard InChI is InChI=1S/C11H21N/c1-8-10-6-4-5-7-11(10)9(2)12(8)3/h8-11H,4-7H2,1-3H3. The van der Waals surface area contributed by atoms with Gasteiger partial charge in [-0.2, -0.15) is 0 Å². The molecule has 1 nitrogen and oxygen atoms in total. The molecule has 0 spiro atoms. The summed E-state index contributed by atoms with van der Waals surface area (Å²) < 4.78 is 0. The number of likely N-dealkylation sites (tertiary alicyclic amines) is 1. The SMILES string of the molecule is CC1C2CCCCC2C(C)N1C. The van der Waals surface area contributed by atoms with Crippen LogP contribution in [-0.4, -0.2) is 24.0 Å². The highest BCUT2D eigenvalue weighted by atomic mass is 15.2. The quantitative estimate of drug-likeness (QED) is 0.536. The Hall–Kier alpha value is -0.0400. The predicted molar refractivity (Wildman–Crippen MR) is 52.1 cm³/mol. The smallest absolute Gasteiger partial charge is 0.00983 e. The topological polar surface area (TPSA) is 3.24 Å². The van der Waals surface area contributed by atoms with Crippen molar-refractivity contribution in [1.29, 1.82) is 0 Å². The van der Waals surface area contributed by atoms with E-state index in [-0.39, 0.29) is 0 Å². The summed E-state index contributed by atoms with van der Waals surface area (Å²) in [6.45, 7) is 4.82. The van der Waals surface area contributed by atoms with Gasteiger partial charge in [-0.1, -0.05) is 12.8 Å². The van der Waals surface area contributed by atoms with Crippen LogP contribution in [-0.2, 0) is 0 Å². The zero-order valence-corrected chi connectivity index (χ0v) is 8.59. The Labute approximate surface area is 76.1 Å². The molecule has 0 aromatic heterocycles. The average molecular weight is 167 g/mol. The van der Waals surface area contributed by atoms with Crippen molar-refractivity contribution in [1.82, 2.24) is 4.90 Å². The van der Waals surface area contributed by atoms with E-state index in [0.717, 1.165) is 23.9 Å². The Bertz CT molecular complexity index is 148. The van der Waals surface area contributed by atoms with Gasteiger partial charge in [-0.25, -0.2) is 0 Å². The third kappa shape index (κ3) is 1.10. The van der Waals surface area contributed by atoms with E-state index in [4.69, 9.17) is 0 Å². The first-order chi connectivity index (χ1) is 5.72. The van der Waals surface area contributed by atoms with Gasteiger partial charge in [0.25, 0.3) is 0 Å². The van der Waals surface area contributed by atoms with E-state index in [1.807, 2.05) is 0 Å². The molecule has 1 aliphatic carbocycles. The van der Waals surface area contributed by atoms with Crippen molar-refractivity contribution < 1.29 is 0 Å². The molecule has 2 aliphatic rings. The van der Waals surface area contributed by atoms with E-state index < -0.39 is 0 Å². The highest BCUT2D eigenvalue weighted by Gasteiger charge is 2.42. The highest BCUT2D eigenvalue weighted by molar-refractivity contribution is 4.96. The maximum atomic E-state index is 2.58. The van der Waals surface area contributed by atoms with Gasteiger partial charge in [-0.05, 0) is 45.6 Å². The Balaban J connectivity index is 2.14. The molecule has 70 valence electrons. The Kier molecular flexibility index (Phi) is 2.16. The van der Waals surface area contributed by atoms with Crippen molar-refractivity contribution in [2.24, 2.45) is 11.8 Å². The molecule has 4 atom stereocenters. The first-order valence-electron chi connectivity index (χ1n) is 5.43. The molecule has 0 aromatic carbocycles. The van der Waals surface area contributed by atoms with Gasteiger partial charge in [-0.3, -0.25) is 0 Å². The minimum atomic E-state index is 0.838. The van der Waals surface area contributed by atoms with Crippen molar-refractivity contribution in [2.75, 3.05) is 7.05 Å². The predicted octanol–water partition coefficient (Wildman–Crippen LogP) is 2.52. The number of fused-ring (bicyclic) bond motifs is 1. The van der Waals surface area contributed by atoms with Crippen LogP contribution in [0.4, 0.5) is 0 Å². The van der Waals surface area contributed by atoms with Crippen molar-refractivity contribution in [3.8, 4) is 0 Å². The second-order valence-electron chi connectivity index (χ2n) is 4.76. The van der Waals surface area contributed by atoms with E-state index in [9.17, 15) is 0 Å². The number of nitrogens with zero attached hydrogens (tertiary/aromatic N) is 1. The lowest BCUT2D eigenvalue weighted by Crippen LogP contribution is -2.30. The van der Waals surface area contributed by atoms with Crippen molar-refractivity contribution in [3.05, 3.63) is 0 Å². The van der Waals surface area contributed by atoms with E-state index in [0.29, 0.717) is 0 Å². The fraction of sp³-hybridized carbons (Fsp3) is 1.00. The van der Waals surface area contributed by atoms with Crippen LogP contribution in [0.1, 0.15) is 39.5 Å². The highest BCUT2D eigenvalue weighted by Crippen LogP contribution is 2.43. The largest absolute Gasteiger partial charge is 0.300 e. The van der Waals surface area contributed by atoms with Gasteiger partial charge >= 0.3 is 0 Å². The summed E-state index contributed by atoms with van der Waals surface area (Å²) in [5, 5.41) is 0. The molecule has 1 heteroatoms. The van der Waals surface area contributed by atoms with Crippen LogP contribution in [0.2, 0.25) is 0 Å². The van der Waals surface area contributed by atoms with Crippen LogP contribution < -0.4 is 0 Å². The van der Waals surface area contributed by atoms with Crippen molar-refractivity contribution in [3.63, 3.8) is 0 Å². The van der Waals surface area contributed by atoms with E-state index >= 15 is 0 Å². The van der Waals surface area contributed by atoms with Crippen LogP contribution in [0.25, 0.3) is 0 Å². The maximum Gasteiger partial charge on any atom is 0.00983 e. The van der Waals surface area contributed by atoms with Gasteiger partial charge in [0.15, 0.2) is 0 Å². The minimum absolute atomic E-state index is 0.838. The van der Waals surface area contributed by atoms with Crippen LogP contribution in [0.5, 0.6) is 0 Å². The van der Waals surface area contributed by atoms with Crippen molar-refractivity contribution in [2.45, 2.75) is 51.6 Å². The molecule has 1 saturated carbocycles. The minimum Gasteiger partial charge on any atom is -0.300 e. The molecule has 1 saturated heterocycles. The molecule has 0 bridgehead atoms. The Morgan fingerprint density at radius 1 is 0.917 bits per heavy atom. The fourth-order valence-corrected chi connectivity index (χ4v) is 3.36. The molecule has 4 unspecified atom stereocenters. The molecule has 0 radical (unpaired) electrons. The van der Waals surface area contributed by atoms with Gasteiger partial charge in [-0.15, -0.1) is 0 Å². The van der Waals surface area contributed by atoms with Crippen LogP contribution in [0, 0.1) is 11.8 Å². The van der Waals surface area contributed by atoms with Gasteiger partial charge in [0.2, 0.25) is 0 Å². The van der Waals surface area contributed by atoms with Gasteiger partial charge in [0.05, 0.1) is 0 Å². The monoisotopic (exact) mass is 167 g/mol. The second kappa shape index (κ2) is 3.02. The summed E-state index contributed by atoms with van der Waals surface area (Å²) in [7, 11) is 2.30. The molecular weight excluding hydrogens is 146 g/mol. The normalized spacial score (nSPS) is 49.2. The summed E-state index contributed by atoms with van der Waals surface area (Å²) in [5.41, 5.74) is 0. The Morgan fingerprint density at radius 3 is 1.75 bits per heavy atom. The lowest BCUT2D eigenvalue weighted by molar-refractivity contribution is 0.245. The molecule has 12 heavy (non-hydrogen) atoms. The third-order valence-corrected chi connectivity index (χ3v) is 4.40. The molecule has 0 amide bonds.